The van der Waals surface area contributed by atoms with E-state index in [0.717, 1.165) is 0 Å². The lowest BCUT2D eigenvalue weighted by atomic mass is 9.97. The summed E-state index contributed by atoms with van der Waals surface area (Å²) in [7, 11) is 0. The van der Waals surface area contributed by atoms with E-state index in [1.165, 1.54) is 38.2 Å². The van der Waals surface area contributed by atoms with Crippen LogP contribution in [0.25, 0.3) is 21.5 Å². The molecule has 0 spiro atoms. The Kier molecular flexibility index (Phi) is 9.97. The lowest BCUT2D eigenvalue weighted by Gasteiger charge is -2.08. The summed E-state index contributed by atoms with van der Waals surface area (Å²) in [4.78, 5) is 0. The molecule has 0 nitrogen and oxygen atoms in total. The van der Waals surface area contributed by atoms with Gasteiger partial charge in [0.05, 0.1) is 0 Å². The van der Waals surface area contributed by atoms with Gasteiger partial charge in [0, 0.05) is 0 Å². The molecule has 3 rings (SSSR count). The molecule has 0 aliphatic carbocycles. The first-order chi connectivity index (χ1) is 11.1. The van der Waals surface area contributed by atoms with Crippen LogP contribution in [-0.2, 0) is 0 Å². The van der Waals surface area contributed by atoms with Crippen LogP contribution >= 0.6 is 0 Å². The fourth-order valence-corrected chi connectivity index (χ4v) is 2.45. The summed E-state index contributed by atoms with van der Waals surface area (Å²) >= 11 is 0. The molecule has 0 saturated heterocycles. The fourth-order valence-electron chi connectivity index (χ4n) is 2.45. The Hall–Kier alpha value is -1.82. The van der Waals surface area contributed by atoms with Crippen molar-refractivity contribution in [2.24, 2.45) is 0 Å². The topological polar surface area (TPSA) is 0 Å². The predicted octanol–water partition coefficient (Wildman–Crippen LogP) is 8.00. The van der Waals surface area contributed by atoms with Crippen molar-refractivity contribution in [1.82, 2.24) is 0 Å². The van der Waals surface area contributed by atoms with Crippen LogP contribution in [0.15, 0.2) is 42.5 Å². The number of fused-ring (bicyclic) bond motifs is 2. The van der Waals surface area contributed by atoms with Crippen molar-refractivity contribution in [3.05, 3.63) is 59.2 Å². The van der Waals surface area contributed by atoms with Gasteiger partial charge in [-0.2, -0.15) is 0 Å². The zero-order chi connectivity index (χ0) is 18.0. The molecule has 3 aromatic rings. The Labute approximate surface area is 143 Å². The first-order valence-corrected chi connectivity index (χ1v) is 9.05. The Bertz CT molecular complexity index is 721. The molecule has 0 saturated carbocycles. The second kappa shape index (κ2) is 10.8. The highest BCUT2D eigenvalue weighted by Gasteiger charge is 2.02. The monoisotopic (exact) mass is 310 g/mol. The van der Waals surface area contributed by atoms with Crippen LogP contribution in [0.3, 0.4) is 0 Å². The van der Waals surface area contributed by atoms with Gasteiger partial charge in [-0.25, -0.2) is 0 Å². The Morgan fingerprint density at radius 1 is 0.522 bits per heavy atom. The Morgan fingerprint density at radius 2 is 1.09 bits per heavy atom. The van der Waals surface area contributed by atoms with E-state index < -0.39 is 0 Å². The number of benzene rings is 3. The molecular formula is C23H34. The minimum atomic E-state index is 1.32. The largest absolute Gasteiger partial charge is 0.0683 e. The zero-order valence-corrected chi connectivity index (χ0v) is 16.5. The molecule has 23 heavy (non-hydrogen) atoms. The summed E-state index contributed by atoms with van der Waals surface area (Å²) in [6.07, 6.45) is 0. The molecule has 126 valence electrons. The number of hydrogen-bond acceptors (Lipinski definition) is 0. The van der Waals surface area contributed by atoms with Crippen LogP contribution in [0.1, 0.15) is 58.2 Å². The fraction of sp³-hybridized carbons (Fsp3) is 0.391. The summed E-state index contributed by atoms with van der Waals surface area (Å²) < 4.78 is 0. The standard InChI is InChI=1S/C17H16.3C2H6/c1-11-4-6-14-10-17-13(3)12(2)5-7-15(17)9-16(14)8-11;3*1-2/h4-10H,1-3H3;3*1-2H3. The van der Waals surface area contributed by atoms with Gasteiger partial charge in [-0.1, -0.05) is 77.4 Å². The summed E-state index contributed by atoms with van der Waals surface area (Å²) in [5, 5.41) is 5.38. The van der Waals surface area contributed by atoms with Crippen LogP contribution in [0, 0.1) is 20.8 Å². The van der Waals surface area contributed by atoms with Crippen LogP contribution < -0.4 is 0 Å². The van der Waals surface area contributed by atoms with Crippen LogP contribution in [0.2, 0.25) is 0 Å². The van der Waals surface area contributed by atoms with Gasteiger partial charge in [0.25, 0.3) is 0 Å². The Morgan fingerprint density at radius 3 is 1.70 bits per heavy atom. The average Bonchev–Trinajstić information content (AvgIpc) is 2.62. The van der Waals surface area contributed by atoms with Gasteiger partial charge in [-0.3, -0.25) is 0 Å². The van der Waals surface area contributed by atoms with Gasteiger partial charge in [-0.05, 0) is 65.6 Å². The molecule has 0 radical (unpaired) electrons. The molecule has 0 bridgehead atoms. The molecule has 0 heterocycles. The maximum absolute atomic E-state index is 2.31. The van der Waals surface area contributed by atoms with E-state index in [1.54, 1.807) is 0 Å². The quantitative estimate of drug-likeness (QED) is 0.369. The Balaban J connectivity index is 0.000000728. The molecule has 0 N–H and O–H groups in total. The van der Waals surface area contributed by atoms with Crippen molar-refractivity contribution in [3.63, 3.8) is 0 Å². The maximum Gasteiger partial charge on any atom is -0.0146 e. The van der Waals surface area contributed by atoms with E-state index in [1.807, 2.05) is 41.5 Å². The number of aryl methyl sites for hydroxylation is 3. The van der Waals surface area contributed by atoms with Gasteiger partial charge in [-0.15, -0.1) is 0 Å². The van der Waals surface area contributed by atoms with Crippen LogP contribution in [0.5, 0.6) is 0 Å². The van der Waals surface area contributed by atoms with Crippen molar-refractivity contribution in [2.45, 2.75) is 62.3 Å². The molecule has 0 aliphatic rings. The third-order valence-electron chi connectivity index (χ3n) is 3.67. The summed E-state index contributed by atoms with van der Waals surface area (Å²) in [5.41, 5.74) is 4.08. The molecule has 0 aromatic heterocycles. The SMILES string of the molecule is CC.CC.CC.Cc1ccc2cc3c(C)c(C)ccc3cc2c1. The van der Waals surface area contributed by atoms with Crippen molar-refractivity contribution in [1.29, 1.82) is 0 Å². The molecular weight excluding hydrogens is 276 g/mol. The minimum Gasteiger partial charge on any atom is -0.0683 e. The number of rotatable bonds is 0. The van der Waals surface area contributed by atoms with Crippen molar-refractivity contribution < 1.29 is 0 Å². The van der Waals surface area contributed by atoms with Gasteiger partial charge < -0.3 is 0 Å². The molecule has 0 aliphatic heterocycles. The average molecular weight is 311 g/mol. The summed E-state index contributed by atoms with van der Waals surface area (Å²) in [5.74, 6) is 0. The number of hydrogen-bond donors (Lipinski definition) is 0. The highest BCUT2D eigenvalue weighted by atomic mass is 14.1. The third-order valence-corrected chi connectivity index (χ3v) is 3.67. The first kappa shape index (κ1) is 21.2. The van der Waals surface area contributed by atoms with E-state index >= 15 is 0 Å². The summed E-state index contributed by atoms with van der Waals surface area (Å²) in [6, 6.07) is 15.7. The molecule has 0 heteroatoms. The van der Waals surface area contributed by atoms with E-state index in [9.17, 15) is 0 Å². The molecule has 0 amide bonds. The van der Waals surface area contributed by atoms with Crippen LogP contribution in [-0.4, -0.2) is 0 Å². The first-order valence-electron chi connectivity index (χ1n) is 9.05. The van der Waals surface area contributed by atoms with Gasteiger partial charge in [0.1, 0.15) is 0 Å². The van der Waals surface area contributed by atoms with E-state index in [4.69, 9.17) is 0 Å². The lowest BCUT2D eigenvalue weighted by molar-refractivity contribution is 1.38. The minimum absolute atomic E-state index is 1.32. The normalized spacial score (nSPS) is 9.09. The highest BCUT2D eigenvalue weighted by molar-refractivity contribution is 6.00. The predicted molar refractivity (Wildman–Crippen MR) is 110 cm³/mol. The van der Waals surface area contributed by atoms with E-state index in [0.29, 0.717) is 0 Å². The smallest absolute Gasteiger partial charge is 0.0146 e. The second-order valence-corrected chi connectivity index (χ2v) is 4.93. The highest BCUT2D eigenvalue weighted by Crippen LogP contribution is 2.27. The van der Waals surface area contributed by atoms with Gasteiger partial charge in [0.15, 0.2) is 0 Å². The van der Waals surface area contributed by atoms with Crippen molar-refractivity contribution >= 4 is 21.5 Å². The van der Waals surface area contributed by atoms with Gasteiger partial charge in [0.2, 0.25) is 0 Å². The lowest BCUT2D eigenvalue weighted by Crippen LogP contribution is -1.85. The molecule has 0 unspecified atom stereocenters. The van der Waals surface area contributed by atoms with Gasteiger partial charge >= 0.3 is 0 Å². The maximum atomic E-state index is 2.31. The third kappa shape index (κ3) is 5.10. The summed E-state index contributed by atoms with van der Waals surface area (Å²) in [6.45, 7) is 18.5. The second-order valence-electron chi connectivity index (χ2n) is 4.93. The van der Waals surface area contributed by atoms with E-state index in [-0.39, 0.29) is 0 Å². The molecule has 3 aromatic carbocycles. The molecule has 0 atom stereocenters. The van der Waals surface area contributed by atoms with Crippen molar-refractivity contribution in [3.8, 4) is 0 Å². The zero-order valence-electron chi connectivity index (χ0n) is 16.5. The van der Waals surface area contributed by atoms with E-state index in [2.05, 4.69) is 63.2 Å². The van der Waals surface area contributed by atoms with Crippen LogP contribution in [0.4, 0.5) is 0 Å². The van der Waals surface area contributed by atoms with Crippen molar-refractivity contribution in [2.75, 3.05) is 0 Å². The molecule has 0 fully saturated rings.